The number of rotatable bonds is 2. The summed E-state index contributed by atoms with van der Waals surface area (Å²) in [7, 11) is 1.72. The number of ether oxygens (including phenoxy) is 2. The molecule has 2 fully saturated rings. The largest absolute Gasteiger partial charge is 0.497 e. The van der Waals surface area contributed by atoms with Crippen LogP contribution in [0.15, 0.2) is 48.5 Å². The van der Waals surface area contributed by atoms with E-state index < -0.39 is 0 Å². The van der Waals surface area contributed by atoms with Crippen molar-refractivity contribution in [3.63, 3.8) is 0 Å². The number of fused-ring (bicyclic) bond motifs is 4. The topological polar surface area (TPSA) is 42.0 Å². The summed E-state index contributed by atoms with van der Waals surface area (Å²) in [4.78, 5) is 17.6. The molecule has 1 amide bonds. The highest BCUT2D eigenvalue weighted by Crippen LogP contribution is 2.43. The van der Waals surface area contributed by atoms with Crippen LogP contribution in [-0.2, 0) is 6.42 Å². The van der Waals surface area contributed by atoms with Gasteiger partial charge in [0, 0.05) is 31.7 Å². The quantitative estimate of drug-likeness (QED) is 0.765. The van der Waals surface area contributed by atoms with Gasteiger partial charge in [0.15, 0.2) is 0 Å². The Hall–Kier alpha value is -2.53. The summed E-state index contributed by atoms with van der Waals surface area (Å²) in [6.07, 6.45) is 4.09. The maximum atomic E-state index is 13.0. The molecule has 0 radical (unpaired) electrons. The summed E-state index contributed by atoms with van der Waals surface area (Å²) < 4.78 is 11.1. The van der Waals surface area contributed by atoms with Crippen LogP contribution in [0, 0.1) is 5.92 Å². The van der Waals surface area contributed by atoms with E-state index in [1.807, 2.05) is 35.2 Å². The summed E-state index contributed by atoms with van der Waals surface area (Å²) in [6, 6.07) is 16.5. The normalized spacial score (nSPS) is 26.1. The van der Waals surface area contributed by atoms with E-state index in [1.54, 1.807) is 7.11 Å². The van der Waals surface area contributed by atoms with E-state index in [2.05, 4.69) is 23.1 Å². The monoisotopic (exact) mass is 392 g/mol. The van der Waals surface area contributed by atoms with Crippen LogP contribution in [0.1, 0.15) is 36.4 Å². The average molecular weight is 392 g/mol. The number of hydrogen-bond acceptors (Lipinski definition) is 4. The summed E-state index contributed by atoms with van der Waals surface area (Å²) in [6.45, 7) is 2.94. The zero-order valence-electron chi connectivity index (χ0n) is 16.9. The number of carbonyl (C=O) groups is 1. The van der Waals surface area contributed by atoms with Gasteiger partial charge in [-0.15, -0.1) is 0 Å². The Morgan fingerprint density at radius 1 is 1.07 bits per heavy atom. The van der Waals surface area contributed by atoms with Crippen LogP contribution in [-0.4, -0.2) is 48.7 Å². The van der Waals surface area contributed by atoms with Crippen LogP contribution in [0.3, 0.4) is 0 Å². The number of para-hydroxylation sites is 1. The number of nitrogens with zero attached hydrogens (tertiary/aromatic N) is 2. The molecule has 0 spiro atoms. The lowest BCUT2D eigenvalue weighted by molar-refractivity contribution is -0.00285. The van der Waals surface area contributed by atoms with Gasteiger partial charge >= 0.3 is 6.09 Å². The first-order valence-electron chi connectivity index (χ1n) is 10.7. The van der Waals surface area contributed by atoms with Crippen molar-refractivity contribution < 1.29 is 14.3 Å². The van der Waals surface area contributed by atoms with Crippen LogP contribution < -0.4 is 9.47 Å². The zero-order valence-corrected chi connectivity index (χ0v) is 16.9. The van der Waals surface area contributed by atoms with Crippen molar-refractivity contribution in [1.82, 2.24) is 9.80 Å². The van der Waals surface area contributed by atoms with E-state index in [-0.39, 0.29) is 12.1 Å². The molecule has 3 atom stereocenters. The van der Waals surface area contributed by atoms with Crippen LogP contribution in [0.5, 0.6) is 11.5 Å². The Morgan fingerprint density at radius 2 is 1.93 bits per heavy atom. The Balaban J connectivity index is 1.38. The van der Waals surface area contributed by atoms with Crippen molar-refractivity contribution >= 4 is 6.09 Å². The molecule has 0 saturated carbocycles. The highest BCUT2D eigenvalue weighted by molar-refractivity contribution is 5.71. The Morgan fingerprint density at radius 3 is 2.76 bits per heavy atom. The number of benzene rings is 2. The van der Waals surface area contributed by atoms with Crippen LogP contribution in [0.2, 0.25) is 0 Å². The van der Waals surface area contributed by atoms with E-state index in [4.69, 9.17) is 9.47 Å². The second-order valence-corrected chi connectivity index (χ2v) is 8.41. The molecule has 5 rings (SSSR count). The molecule has 2 aromatic carbocycles. The number of piperidine rings is 2. The van der Waals surface area contributed by atoms with Gasteiger partial charge < -0.3 is 14.4 Å². The molecular weight excluding hydrogens is 364 g/mol. The maximum Gasteiger partial charge on any atom is 0.415 e. The first-order chi connectivity index (χ1) is 14.2. The van der Waals surface area contributed by atoms with Gasteiger partial charge in [-0.1, -0.05) is 24.3 Å². The van der Waals surface area contributed by atoms with Crippen molar-refractivity contribution in [1.29, 1.82) is 0 Å². The number of carbonyl (C=O) groups excluding carboxylic acids is 1. The molecule has 2 saturated heterocycles. The standard InChI is InChI=1S/C24H28N2O3/c1-28-20-9-10-21-17(14-20)11-13-25-16-18-6-5-12-26(22(18)15-23(21)25)24(27)29-19-7-3-2-4-8-19/h2-4,7-10,14,18,22-23H,5-6,11-13,15-16H2,1H3. The third kappa shape index (κ3) is 3.48. The highest BCUT2D eigenvalue weighted by Gasteiger charge is 2.44. The SMILES string of the molecule is COc1ccc2c(c1)CCN1CC3CCCN(C(=O)Oc4ccccc4)C3CC21. The Kier molecular flexibility index (Phi) is 4.92. The van der Waals surface area contributed by atoms with Crippen LogP contribution in [0.4, 0.5) is 4.79 Å². The number of hydrogen-bond donors (Lipinski definition) is 0. The lowest BCUT2D eigenvalue weighted by atomic mass is 9.77. The Bertz CT molecular complexity index is 885. The van der Waals surface area contributed by atoms with Crippen molar-refractivity contribution in [2.75, 3.05) is 26.7 Å². The summed E-state index contributed by atoms with van der Waals surface area (Å²) in [5.74, 6) is 2.08. The smallest absolute Gasteiger partial charge is 0.415 e. The van der Waals surface area contributed by atoms with Gasteiger partial charge in [-0.3, -0.25) is 4.90 Å². The minimum atomic E-state index is -0.204. The molecule has 29 heavy (non-hydrogen) atoms. The van der Waals surface area contributed by atoms with E-state index in [9.17, 15) is 4.79 Å². The molecule has 3 heterocycles. The van der Waals surface area contributed by atoms with Crippen LogP contribution >= 0.6 is 0 Å². The van der Waals surface area contributed by atoms with Crippen molar-refractivity contribution in [3.05, 3.63) is 59.7 Å². The molecule has 0 aromatic heterocycles. The third-order valence-corrected chi connectivity index (χ3v) is 6.85. The molecular formula is C24H28N2O3. The Labute approximate surface area is 172 Å². The van der Waals surface area contributed by atoms with Gasteiger partial charge in [0.1, 0.15) is 11.5 Å². The second-order valence-electron chi connectivity index (χ2n) is 8.41. The van der Waals surface area contributed by atoms with Gasteiger partial charge in [-0.25, -0.2) is 4.79 Å². The first kappa shape index (κ1) is 18.5. The molecule has 5 heteroatoms. The molecule has 0 aliphatic carbocycles. The fourth-order valence-electron chi connectivity index (χ4n) is 5.44. The highest BCUT2D eigenvalue weighted by atomic mass is 16.6. The second kappa shape index (κ2) is 7.71. The van der Waals surface area contributed by atoms with Crippen LogP contribution in [0.25, 0.3) is 0 Å². The summed E-state index contributed by atoms with van der Waals surface area (Å²) >= 11 is 0. The lowest BCUT2D eigenvalue weighted by Crippen LogP contribution is -2.58. The summed E-state index contributed by atoms with van der Waals surface area (Å²) in [5, 5.41) is 0. The molecule has 3 aliphatic heterocycles. The van der Waals surface area contributed by atoms with Crippen molar-refractivity contribution in [3.8, 4) is 11.5 Å². The van der Waals surface area contributed by atoms with E-state index in [0.29, 0.717) is 17.7 Å². The van der Waals surface area contributed by atoms with Gasteiger partial charge in [-0.2, -0.15) is 0 Å². The van der Waals surface area contributed by atoms with E-state index in [0.717, 1.165) is 44.6 Å². The zero-order chi connectivity index (χ0) is 19.8. The van der Waals surface area contributed by atoms with Gasteiger partial charge in [0.25, 0.3) is 0 Å². The predicted molar refractivity (Wildman–Crippen MR) is 111 cm³/mol. The van der Waals surface area contributed by atoms with Crippen molar-refractivity contribution in [2.45, 2.75) is 37.8 Å². The lowest BCUT2D eigenvalue weighted by Gasteiger charge is -2.51. The average Bonchev–Trinajstić information content (AvgIpc) is 2.77. The minimum absolute atomic E-state index is 0.204. The van der Waals surface area contributed by atoms with Gasteiger partial charge in [-0.05, 0) is 67.0 Å². The molecule has 3 unspecified atom stereocenters. The molecule has 0 N–H and O–H groups in total. The third-order valence-electron chi connectivity index (χ3n) is 6.85. The predicted octanol–water partition coefficient (Wildman–Crippen LogP) is 4.28. The fourth-order valence-corrected chi connectivity index (χ4v) is 5.44. The number of methoxy groups -OCH3 is 1. The maximum absolute atomic E-state index is 13.0. The number of likely N-dealkylation sites (tertiary alicyclic amines) is 1. The van der Waals surface area contributed by atoms with Gasteiger partial charge in [0.2, 0.25) is 0 Å². The molecule has 2 aromatic rings. The molecule has 152 valence electrons. The number of amides is 1. The minimum Gasteiger partial charge on any atom is -0.497 e. The first-order valence-corrected chi connectivity index (χ1v) is 10.7. The summed E-state index contributed by atoms with van der Waals surface area (Å²) in [5.41, 5.74) is 2.79. The fraction of sp³-hybridized carbons (Fsp3) is 0.458. The molecule has 5 nitrogen and oxygen atoms in total. The molecule has 3 aliphatic rings. The van der Waals surface area contributed by atoms with E-state index in [1.165, 1.54) is 17.5 Å². The van der Waals surface area contributed by atoms with E-state index >= 15 is 0 Å². The van der Waals surface area contributed by atoms with Gasteiger partial charge in [0.05, 0.1) is 7.11 Å². The molecule has 0 bridgehead atoms. The van der Waals surface area contributed by atoms with Crippen molar-refractivity contribution in [2.24, 2.45) is 5.92 Å².